The third-order valence-corrected chi connectivity index (χ3v) is 3.34. The Morgan fingerprint density at radius 3 is 2.41 bits per heavy atom. The minimum atomic E-state index is -0.543. The van der Waals surface area contributed by atoms with Gasteiger partial charge in [-0.25, -0.2) is 9.59 Å². The van der Waals surface area contributed by atoms with Crippen LogP contribution in [-0.4, -0.2) is 43.1 Å². The number of amides is 2. The Kier molecular flexibility index (Phi) is 5.25. The number of hydrogen-bond acceptors (Lipinski definition) is 3. The van der Waals surface area contributed by atoms with E-state index in [9.17, 15) is 9.59 Å². The highest BCUT2D eigenvalue weighted by molar-refractivity contribution is 5.83. The van der Waals surface area contributed by atoms with Crippen LogP contribution < -0.4 is 5.32 Å². The SMILES string of the molecule is CC[C@@H](C)[C@H](NC(=O)N1CCCC1)C(=O)OC. The van der Waals surface area contributed by atoms with Crippen LogP contribution in [0.3, 0.4) is 0 Å². The molecule has 0 bridgehead atoms. The third kappa shape index (κ3) is 3.61. The molecule has 0 unspecified atom stereocenters. The lowest BCUT2D eigenvalue weighted by atomic mass is 9.99. The zero-order chi connectivity index (χ0) is 12.8. The molecule has 0 aromatic heterocycles. The molecule has 1 aliphatic rings. The van der Waals surface area contributed by atoms with Crippen molar-refractivity contribution in [3.63, 3.8) is 0 Å². The summed E-state index contributed by atoms with van der Waals surface area (Å²) in [5.41, 5.74) is 0. The molecule has 5 nitrogen and oxygen atoms in total. The number of nitrogens with zero attached hydrogens (tertiary/aromatic N) is 1. The van der Waals surface area contributed by atoms with Gasteiger partial charge in [0, 0.05) is 13.1 Å². The van der Waals surface area contributed by atoms with Crippen LogP contribution in [0.25, 0.3) is 0 Å². The van der Waals surface area contributed by atoms with Crippen molar-refractivity contribution in [2.24, 2.45) is 5.92 Å². The molecule has 0 radical (unpaired) electrons. The lowest BCUT2D eigenvalue weighted by Crippen LogP contribution is -2.50. The summed E-state index contributed by atoms with van der Waals surface area (Å²) in [4.78, 5) is 25.3. The first-order chi connectivity index (χ1) is 8.10. The van der Waals surface area contributed by atoms with E-state index in [1.807, 2.05) is 13.8 Å². The normalized spacial score (nSPS) is 18.6. The van der Waals surface area contributed by atoms with E-state index in [2.05, 4.69) is 5.32 Å². The Labute approximate surface area is 102 Å². The number of ether oxygens (including phenoxy) is 1. The number of methoxy groups -OCH3 is 1. The van der Waals surface area contributed by atoms with Gasteiger partial charge in [-0.15, -0.1) is 0 Å². The summed E-state index contributed by atoms with van der Waals surface area (Å²) in [7, 11) is 1.35. The summed E-state index contributed by atoms with van der Waals surface area (Å²) in [6, 6.07) is -0.698. The average Bonchev–Trinajstić information content (AvgIpc) is 2.87. The number of esters is 1. The number of urea groups is 1. The van der Waals surface area contributed by atoms with Gasteiger partial charge in [0.15, 0.2) is 0 Å². The van der Waals surface area contributed by atoms with Crippen molar-refractivity contribution in [1.82, 2.24) is 10.2 Å². The number of carbonyl (C=O) groups is 2. The van der Waals surface area contributed by atoms with Crippen molar-refractivity contribution in [2.75, 3.05) is 20.2 Å². The van der Waals surface area contributed by atoms with Crippen molar-refractivity contribution >= 4 is 12.0 Å². The van der Waals surface area contributed by atoms with Gasteiger partial charge in [-0.2, -0.15) is 0 Å². The van der Waals surface area contributed by atoms with E-state index < -0.39 is 6.04 Å². The maximum absolute atomic E-state index is 11.9. The molecule has 1 heterocycles. The largest absolute Gasteiger partial charge is 0.467 e. The summed E-state index contributed by atoms with van der Waals surface area (Å²) in [6.07, 6.45) is 2.90. The lowest BCUT2D eigenvalue weighted by molar-refractivity contribution is -0.144. The van der Waals surface area contributed by atoms with Gasteiger partial charge >= 0.3 is 12.0 Å². The molecular formula is C12H22N2O3. The number of rotatable bonds is 4. The number of hydrogen-bond donors (Lipinski definition) is 1. The standard InChI is InChI=1S/C12H22N2O3/c1-4-9(2)10(11(15)17-3)13-12(16)14-7-5-6-8-14/h9-10H,4-8H2,1-3H3,(H,13,16)/t9-,10+/m1/s1. The lowest BCUT2D eigenvalue weighted by Gasteiger charge is -2.25. The monoisotopic (exact) mass is 242 g/mol. The van der Waals surface area contributed by atoms with E-state index in [1.54, 1.807) is 4.90 Å². The Bertz CT molecular complexity index is 275. The van der Waals surface area contributed by atoms with Crippen LogP contribution in [0, 0.1) is 5.92 Å². The fraction of sp³-hybridized carbons (Fsp3) is 0.833. The molecule has 1 rings (SSSR count). The van der Waals surface area contributed by atoms with Crippen LogP contribution in [0.2, 0.25) is 0 Å². The fourth-order valence-electron chi connectivity index (χ4n) is 1.94. The molecule has 5 heteroatoms. The highest BCUT2D eigenvalue weighted by atomic mass is 16.5. The molecule has 1 N–H and O–H groups in total. The average molecular weight is 242 g/mol. The maximum Gasteiger partial charge on any atom is 0.328 e. The van der Waals surface area contributed by atoms with Crippen molar-refractivity contribution < 1.29 is 14.3 Å². The summed E-state index contributed by atoms with van der Waals surface area (Å²) in [6.45, 7) is 5.48. The first kappa shape index (κ1) is 13.8. The molecule has 0 saturated carbocycles. The molecule has 0 aromatic carbocycles. The van der Waals surface area contributed by atoms with E-state index in [0.717, 1.165) is 32.4 Å². The van der Waals surface area contributed by atoms with Crippen LogP contribution in [0.15, 0.2) is 0 Å². The van der Waals surface area contributed by atoms with E-state index in [0.29, 0.717) is 0 Å². The van der Waals surface area contributed by atoms with E-state index >= 15 is 0 Å². The summed E-state index contributed by atoms with van der Waals surface area (Å²) < 4.78 is 4.73. The van der Waals surface area contributed by atoms with Gasteiger partial charge in [0.25, 0.3) is 0 Å². The number of carbonyl (C=O) groups excluding carboxylic acids is 2. The van der Waals surface area contributed by atoms with Gasteiger partial charge in [-0.1, -0.05) is 20.3 Å². The smallest absolute Gasteiger partial charge is 0.328 e. The Hall–Kier alpha value is -1.26. The molecule has 1 fully saturated rings. The molecule has 1 aliphatic heterocycles. The highest BCUT2D eigenvalue weighted by Crippen LogP contribution is 2.12. The maximum atomic E-state index is 11.9. The Morgan fingerprint density at radius 2 is 1.94 bits per heavy atom. The first-order valence-electron chi connectivity index (χ1n) is 6.23. The van der Waals surface area contributed by atoms with Gasteiger partial charge in [0.05, 0.1) is 7.11 Å². The number of nitrogens with one attached hydrogen (secondary N) is 1. The van der Waals surface area contributed by atoms with Crippen molar-refractivity contribution in [3.05, 3.63) is 0 Å². The minimum Gasteiger partial charge on any atom is -0.467 e. The first-order valence-corrected chi connectivity index (χ1v) is 6.23. The van der Waals surface area contributed by atoms with Crippen LogP contribution in [0.4, 0.5) is 4.79 Å². The van der Waals surface area contributed by atoms with Crippen LogP contribution in [0.1, 0.15) is 33.1 Å². The second-order valence-electron chi connectivity index (χ2n) is 4.53. The molecule has 2 atom stereocenters. The highest BCUT2D eigenvalue weighted by Gasteiger charge is 2.29. The van der Waals surface area contributed by atoms with Crippen molar-refractivity contribution in [2.45, 2.75) is 39.2 Å². The quantitative estimate of drug-likeness (QED) is 0.758. The summed E-state index contributed by atoms with van der Waals surface area (Å²) in [5.74, 6) is -0.291. The third-order valence-electron chi connectivity index (χ3n) is 3.34. The van der Waals surface area contributed by atoms with Gasteiger partial charge in [0.1, 0.15) is 6.04 Å². The predicted molar refractivity (Wildman–Crippen MR) is 64.6 cm³/mol. The zero-order valence-electron chi connectivity index (χ0n) is 10.9. The second kappa shape index (κ2) is 6.47. The molecule has 0 aliphatic carbocycles. The molecule has 0 spiro atoms. The molecule has 2 amide bonds. The zero-order valence-corrected chi connectivity index (χ0v) is 10.9. The van der Waals surface area contributed by atoms with Gasteiger partial charge in [-0.3, -0.25) is 0 Å². The Morgan fingerprint density at radius 1 is 1.35 bits per heavy atom. The van der Waals surface area contributed by atoms with Crippen LogP contribution >= 0.6 is 0 Å². The van der Waals surface area contributed by atoms with Gasteiger partial charge < -0.3 is 15.0 Å². The van der Waals surface area contributed by atoms with E-state index in [-0.39, 0.29) is 17.9 Å². The summed E-state index contributed by atoms with van der Waals surface area (Å²) in [5, 5.41) is 2.77. The molecule has 0 aromatic rings. The molecular weight excluding hydrogens is 220 g/mol. The van der Waals surface area contributed by atoms with Crippen LogP contribution in [-0.2, 0) is 9.53 Å². The predicted octanol–water partition coefficient (Wildman–Crippen LogP) is 1.38. The van der Waals surface area contributed by atoms with Gasteiger partial charge in [-0.05, 0) is 18.8 Å². The van der Waals surface area contributed by atoms with Crippen LogP contribution in [0.5, 0.6) is 0 Å². The summed E-state index contributed by atoms with van der Waals surface area (Å²) >= 11 is 0. The van der Waals surface area contributed by atoms with E-state index in [1.165, 1.54) is 7.11 Å². The molecule has 98 valence electrons. The molecule has 1 saturated heterocycles. The second-order valence-corrected chi connectivity index (χ2v) is 4.53. The van der Waals surface area contributed by atoms with Gasteiger partial charge in [0.2, 0.25) is 0 Å². The van der Waals surface area contributed by atoms with Crippen molar-refractivity contribution in [3.8, 4) is 0 Å². The van der Waals surface area contributed by atoms with Crippen molar-refractivity contribution in [1.29, 1.82) is 0 Å². The molecule has 17 heavy (non-hydrogen) atoms. The van der Waals surface area contributed by atoms with E-state index in [4.69, 9.17) is 4.74 Å². The Balaban J connectivity index is 2.58. The topological polar surface area (TPSA) is 58.6 Å². The minimum absolute atomic E-state index is 0.0778. The number of likely N-dealkylation sites (tertiary alicyclic amines) is 1. The fourth-order valence-corrected chi connectivity index (χ4v) is 1.94.